The number of pyridine rings is 1. The van der Waals surface area contributed by atoms with E-state index in [1.165, 1.54) is 11.1 Å². The van der Waals surface area contributed by atoms with Crippen LogP contribution >= 0.6 is 0 Å². The molecule has 0 aliphatic rings. The first-order valence-corrected chi connectivity index (χ1v) is 6.60. The van der Waals surface area contributed by atoms with Crippen LogP contribution in [-0.2, 0) is 13.0 Å². The van der Waals surface area contributed by atoms with Crippen molar-refractivity contribution in [1.29, 1.82) is 0 Å². The molecular formula is C16H20N2O. The molecule has 0 bridgehead atoms. The van der Waals surface area contributed by atoms with Gasteiger partial charge in [0, 0.05) is 18.3 Å². The molecule has 100 valence electrons. The van der Waals surface area contributed by atoms with Crippen LogP contribution in [0.15, 0.2) is 36.4 Å². The van der Waals surface area contributed by atoms with E-state index >= 15 is 0 Å². The average molecular weight is 256 g/mol. The first kappa shape index (κ1) is 13.6. The van der Waals surface area contributed by atoms with Crippen LogP contribution in [0.3, 0.4) is 0 Å². The molecule has 2 aromatic rings. The summed E-state index contributed by atoms with van der Waals surface area (Å²) >= 11 is 0. The highest BCUT2D eigenvalue weighted by Gasteiger charge is 2.03. The van der Waals surface area contributed by atoms with Crippen molar-refractivity contribution >= 4 is 0 Å². The van der Waals surface area contributed by atoms with E-state index in [4.69, 9.17) is 4.74 Å². The Kier molecular flexibility index (Phi) is 4.53. The van der Waals surface area contributed by atoms with Crippen molar-refractivity contribution in [3.8, 4) is 11.6 Å². The van der Waals surface area contributed by atoms with E-state index < -0.39 is 0 Å². The second-order valence-corrected chi connectivity index (χ2v) is 4.58. The lowest BCUT2D eigenvalue weighted by Gasteiger charge is -2.08. The van der Waals surface area contributed by atoms with Crippen LogP contribution in [0.5, 0.6) is 11.6 Å². The van der Waals surface area contributed by atoms with Gasteiger partial charge in [-0.05, 0) is 49.7 Å². The largest absolute Gasteiger partial charge is 0.439 e. The van der Waals surface area contributed by atoms with Crippen LogP contribution in [0.4, 0.5) is 0 Å². The van der Waals surface area contributed by atoms with Crippen molar-refractivity contribution in [3.63, 3.8) is 0 Å². The molecule has 2 rings (SSSR count). The highest BCUT2D eigenvalue weighted by Crippen LogP contribution is 2.21. The molecular weight excluding hydrogens is 236 g/mol. The fraction of sp³-hybridized carbons (Fsp3) is 0.312. The second kappa shape index (κ2) is 6.34. The maximum atomic E-state index is 5.81. The Morgan fingerprint density at radius 3 is 2.47 bits per heavy atom. The number of aromatic nitrogens is 1. The van der Waals surface area contributed by atoms with Crippen molar-refractivity contribution < 1.29 is 4.74 Å². The normalized spacial score (nSPS) is 10.5. The van der Waals surface area contributed by atoms with Gasteiger partial charge in [-0.15, -0.1) is 0 Å². The van der Waals surface area contributed by atoms with Gasteiger partial charge in [0.05, 0.1) is 0 Å². The summed E-state index contributed by atoms with van der Waals surface area (Å²) in [5.41, 5.74) is 3.45. The fourth-order valence-electron chi connectivity index (χ4n) is 1.98. The molecule has 0 atom stereocenters. The van der Waals surface area contributed by atoms with Gasteiger partial charge >= 0.3 is 0 Å². The average Bonchev–Trinajstić information content (AvgIpc) is 2.39. The van der Waals surface area contributed by atoms with Gasteiger partial charge < -0.3 is 10.1 Å². The molecule has 0 unspecified atom stereocenters. The molecule has 0 saturated heterocycles. The van der Waals surface area contributed by atoms with Gasteiger partial charge in [0.2, 0.25) is 5.88 Å². The quantitative estimate of drug-likeness (QED) is 0.889. The molecule has 0 aliphatic carbocycles. The van der Waals surface area contributed by atoms with Crippen molar-refractivity contribution in [3.05, 3.63) is 53.2 Å². The maximum absolute atomic E-state index is 5.81. The molecule has 0 radical (unpaired) electrons. The van der Waals surface area contributed by atoms with E-state index in [0.717, 1.165) is 24.4 Å². The molecule has 0 spiro atoms. The molecule has 1 aromatic heterocycles. The second-order valence-electron chi connectivity index (χ2n) is 4.58. The maximum Gasteiger partial charge on any atom is 0.219 e. The molecule has 1 heterocycles. The minimum absolute atomic E-state index is 0.648. The number of benzene rings is 1. The van der Waals surface area contributed by atoms with Crippen LogP contribution in [0.2, 0.25) is 0 Å². The number of ether oxygens (including phenoxy) is 1. The number of rotatable bonds is 5. The van der Waals surface area contributed by atoms with Gasteiger partial charge in [-0.3, -0.25) is 0 Å². The van der Waals surface area contributed by atoms with Crippen molar-refractivity contribution in [2.75, 3.05) is 7.05 Å². The monoisotopic (exact) mass is 256 g/mol. The van der Waals surface area contributed by atoms with Crippen LogP contribution in [0.1, 0.15) is 23.7 Å². The Hall–Kier alpha value is -1.87. The molecule has 0 aliphatic heterocycles. The van der Waals surface area contributed by atoms with Gasteiger partial charge in [0.15, 0.2) is 0 Å². The zero-order valence-corrected chi connectivity index (χ0v) is 11.7. The zero-order valence-electron chi connectivity index (χ0n) is 11.7. The van der Waals surface area contributed by atoms with Gasteiger partial charge in [-0.2, -0.15) is 0 Å². The number of hydrogen-bond donors (Lipinski definition) is 1. The Morgan fingerprint density at radius 2 is 1.84 bits per heavy atom. The molecule has 0 amide bonds. The van der Waals surface area contributed by atoms with E-state index in [1.807, 2.05) is 32.2 Å². The third kappa shape index (κ3) is 3.80. The number of hydrogen-bond acceptors (Lipinski definition) is 3. The summed E-state index contributed by atoms with van der Waals surface area (Å²) in [6, 6.07) is 12.2. The van der Waals surface area contributed by atoms with Crippen LogP contribution in [-0.4, -0.2) is 12.0 Å². The Labute approximate surface area is 114 Å². The van der Waals surface area contributed by atoms with Gasteiger partial charge in [-0.25, -0.2) is 4.98 Å². The Balaban J connectivity index is 2.17. The summed E-state index contributed by atoms with van der Waals surface area (Å²) in [4.78, 5) is 4.40. The summed E-state index contributed by atoms with van der Waals surface area (Å²) in [7, 11) is 1.93. The number of nitrogens with zero attached hydrogens (tertiary/aromatic N) is 1. The summed E-state index contributed by atoms with van der Waals surface area (Å²) in [5.74, 6) is 1.47. The van der Waals surface area contributed by atoms with E-state index in [-0.39, 0.29) is 0 Å². The van der Waals surface area contributed by atoms with Gasteiger partial charge in [0.1, 0.15) is 5.75 Å². The lowest BCUT2D eigenvalue weighted by molar-refractivity contribution is 0.460. The predicted octanol–water partition coefficient (Wildman–Crippen LogP) is 3.46. The smallest absolute Gasteiger partial charge is 0.219 e. The highest BCUT2D eigenvalue weighted by atomic mass is 16.5. The van der Waals surface area contributed by atoms with Crippen molar-refractivity contribution in [2.45, 2.75) is 26.8 Å². The third-order valence-corrected chi connectivity index (χ3v) is 2.92. The van der Waals surface area contributed by atoms with E-state index in [0.29, 0.717) is 5.88 Å². The van der Waals surface area contributed by atoms with Gasteiger partial charge in [-0.1, -0.05) is 19.1 Å². The summed E-state index contributed by atoms with van der Waals surface area (Å²) in [6.45, 7) is 4.93. The topological polar surface area (TPSA) is 34.1 Å². The summed E-state index contributed by atoms with van der Waals surface area (Å²) < 4.78 is 5.81. The Morgan fingerprint density at radius 1 is 1.11 bits per heavy atom. The summed E-state index contributed by atoms with van der Waals surface area (Å²) in [5, 5.41) is 3.13. The lowest BCUT2D eigenvalue weighted by atomic mass is 10.2. The molecule has 19 heavy (non-hydrogen) atoms. The molecule has 0 saturated carbocycles. The first-order valence-electron chi connectivity index (χ1n) is 6.60. The van der Waals surface area contributed by atoms with E-state index in [1.54, 1.807) is 0 Å². The van der Waals surface area contributed by atoms with Crippen LogP contribution in [0.25, 0.3) is 0 Å². The standard InChI is InChI=1S/C16H20N2O/c1-4-13-5-7-15(8-6-13)19-16-10-14(11-17-3)9-12(2)18-16/h5-10,17H,4,11H2,1-3H3. The molecule has 1 aromatic carbocycles. The lowest BCUT2D eigenvalue weighted by Crippen LogP contribution is -2.06. The molecule has 1 N–H and O–H groups in total. The minimum Gasteiger partial charge on any atom is -0.439 e. The third-order valence-electron chi connectivity index (χ3n) is 2.92. The fourth-order valence-corrected chi connectivity index (χ4v) is 1.98. The van der Waals surface area contributed by atoms with Gasteiger partial charge in [0.25, 0.3) is 0 Å². The molecule has 3 heteroatoms. The predicted molar refractivity (Wildman–Crippen MR) is 77.6 cm³/mol. The molecule has 3 nitrogen and oxygen atoms in total. The minimum atomic E-state index is 0.648. The number of nitrogens with one attached hydrogen (secondary N) is 1. The first-order chi connectivity index (χ1) is 9.21. The van der Waals surface area contributed by atoms with Crippen molar-refractivity contribution in [2.24, 2.45) is 0 Å². The Bertz CT molecular complexity index is 535. The zero-order chi connectivity index (χ0) is 13.7. The molecule has 0 fully saturated rings. The summed E-state index contributed by atoms with van der Waals surface area (Å²) in [6.07, 6.45) is 1.04. The van der Waals surface area contributed by atoms with Crippen LogP contribution < -0.4 is 10.1 Å². The number of aryl methyl sites for hydroxylation is 2. The van der Waals surface area contributed by atoms with E-state index in [9.17, 15) is 0 Å². The van der Waals surface area contributed by atoms with Crippen molar-refractivity contribution in [1.82, 2.24) is 10.3 Å². The van der Waals surface area contributed by atoms with Crippen LogP contribution in [0, 0.1) is 6.92 Å². The SMILES string of the molecule is CCc1ccc(Oc2cc(CNC)cc(C)n2)cc1. The highest BCUT2D eigenvalue weighted by molar-refractivity contribution is 5.32. The van der Waals surface area contributed by atoms with E-state index in [2.05, 4.69) is 35.4 Å².